The largest absolute Gasteiger partial charge is 0.427 e. The van der Waals surface area contributed by atoms with E-state index in [1.807, 2.05) is 18.3 Å². The molecule has 0 aliphatic rings. The van der Waals surface area contributed by atoms with Crippen LogP contribution in [0.5, 0.6) is 5.75 Å². The molecule has 0 spiro atoms. The van der Waals surface area contributed by atoms with Gasteiger partial charge in [0.05, 0.1) is 0 Å². The fourth-order valence-corrected chi connectivity index (χ4v) is 4.88. The van der Waals surface area contributed by atoms with Crippen LogP contribution in [0.4, 0.5) is 0 Å². The molecule has 4 heteroatoms. The number of H-pyrrole nitrogens is 1. The molecule has 1 heterocycles. The Bertz CT molecular complexity index is 854. The highest BCUT2D eigenvalue weighted by molar-refractivity contribution is 5.90. The summed E-state index contributed by atoms with van der Waals surface area (Å²) < 4.78 is 5.18. The van der Waals surface area contributed by atoms with Crippen LogP contribution < -0.4 is 4.74 Å². The second-order valence-corrected chi connectivity index (χ2v) is 10.2. The summed E-state index contributed by atoms with van der Waals surface area (Å²) in [7, 11) is 0. The van der Waals surface area contributed by atoms with Gasteiger partial charge in [0.15, 0.2) is 0 Å². The van der Waals surface area contributed by atoms with E-state index in [1.165, 1.54) is 103 Å². The van der Waals surface area contributed by atoms with Crippen LogP contribution in [0.2, 0.25) is 0 Å². The van der Waals surface area contributed by atoms with Gasteiger partial charge in [-0.15, -0.1) is 0 Å². The number of rotatable bonds is 21. The topological polar surface area (TPSA) is 59.2 Å². The third kappa shape index (κ3) is 13.0. The van der Waals surface area contributed by atoms with Crippen LogP contribution in [0.1, 0.15) is 135 Å². The zero-order valence-corrected chi connectivity index (χ0v) is 22.5. The third-order valence-corrected chi connectivity index (χ3v) is 6.95. The molecular formula is C31H49NO3. The number of nitrogens with one attached hydrogen (secondary N) is 1. The smallest absolute Gasteiger partial charge is 0.308 e. The lowest BCUT2D eigenvalue weighted by molar-refractivity contribution is -0.131. The van der Waals surface area contributed by atoms with Gasteiger partial charge >= 0.3 is 5.97 Å². The number of aromatic amines is 1. The van der Waals surface area contributed by atoms with Gasteiger partial charge in [-0.05, 0) is 30.2 Å². The molecule has 0 amide bonds. The molecule has 0 fully saturated rings. The molecule has 0 bridgehead atoms. The van der Waals surface area contributed by atoms with Gasteiger partial charge in [-0.25, -0.2) is 0 Å². The molecule has 35 heavy (non-hydrogen) atoms. The Morgan fingerprint density at radius 1 is 0.743 bits per heavy atom. The molecule has 4 nitrogen and oxygen atoms in total. The highest BCUT2D eigenvalue weighted by Gasteiger charge is 2.10. The van der Waals surface area contributed by atoms with Gasteiger partial charge in [-0.3, -0.25) is 9.59 Å². The summed E-state index contributed by atoms with van der Waals surface area (Å²) in [6, 6.07) is 5.49. The van der Waals surface area contributed by atoms with Crippen LogP contribution in [0.3, 0.4) is 0 Å². The standard InChI is InChI=1S/C31H49NO3/c1-3-4-5-6-7-8-9-10-11-12-13-14-15-16-17-18-19-20-28(34)23-27-25-32-31-22-21-29(24-30(27)31)35-26(2)33/h21-22,24-25,32H,3-20,23H2,1-2H3. The van der Waals surface area contributed by atoms with Crippen molar-refractivity contribution in [2.45, 2.75) is 136 Å². The molecule has 0 aliphatic heterocycles. The number of ketones is 1. The Morgan fingerprint density at radius 2 is 1.26 bits per heavy atom. The average molecular weight is 484 g/mol. The number of esters is 1. The first-order valence-corrected chi connectivity index (χ1v) is 14.4. The number of carbonyl (C=O) groups is 2. The summed E-state index contributed by atoms with van der Waals surface area (Å²) in [4.78, 5) is 26.9. The van der Waals surface area contributed by atoms with Crippen molar-refractivity contribution in [1.29, 1.82) is 0 Å². The highest BCUT2D eigenvalue weighted by atomic mass is 16.5. The molecule has 0 atom stereocenters. The van der Waals surface area contributed by atoms with Gasteiger partial charge in [0.2, 0.25) is 0 Å². The minimum absolute atomic E-state index is 0.282. The zero-order valence-electron chi connectivity index (χ0n) is 22.5. The van der Waals surface area contributed by atoms with E-state index >= 15 is 0 Å². The van der Waals surface area contributed by atoms with Crippen molar-refractivity contribution in [2.75, 3.05) is 0 Å². The molecular weight excluding hydrogens is 434 g/mol. The van der Waals surface area contributed by atoms with Crippen molar-refractivity contribution in [3.8, 4) is 5.75 Å². The number of hydrogen-bond acceptors (Lipinski definition) is 3. The minimum atomic E-state index is -0.337. The molecule has 1 aromatic heterocycles. The van der Waals surface area contributed by atoms with Crippen molar-refractivity contribution in [3.63, 3.8) is 0 Å². The van der Waals surface area contributed by atoms with Gasteiger partial charge < -0.3 is 9.72 Å². The minimum Gasteiger partial charge on any atom is -0.427 e. The number of carbonyl (C=O) groups excluding carboxylic acids is 2. The summed E-state index contributed by atoms with van der Waals surface area (Å²) in [5.41, 5.74) is 1.94. The molecule has 0 aliphatic carbocycles. The number of Topliss-reactive ketones (excluding diaryl/α,β-unsaturated/α-hetero) is 1. The first-order chi connectivity index (χ1) is 17.1. The van der Waals surface area contributed by atoms with Crippen LogP contribution in [-0.4, -0.2) is 16.7 Å². The number of fused-ring (bicyclic) bond motifs is 1. The second kappa shape index (κ2) is 18.2. The van der Waals surface area contributed by atoms with Crippen LogP contribution >= 0.6 is 0 Å². The second-order valence-electron chi connectivity index (χ2n) is 10.2. The third-order valence-electron chi connectivity index (χ3n) is 6.95. The fourth-order valence-electron chi connectivity index (χ4n) is 4.88. The van der Waals surface area contributed by atoms with E-state index in [0.717, 1.165) is 29.3 Å². The number of unbranched alkanes of at least 4 members (excludes halogenated alkanes) is 16. The number of ether oxygens (including phenoxy) is 1. The number of aromatic nitrogens is 1. The number of benzene rings is 1. The monoisotopic (exact) mass is 483 g/mol. The first kappa shape index (κ1) is 29.1. The Kier molecular flexibility index (Phi) is 15.2. The molecule has 0 saturated heterocycles. The maximum absolute atomic E-state index is 12.5. The van der Waals surface area contributed by atoms with Crippen molar-refractivity contribution in [1.82, 2.24) is 4.98 Å². The quantitative estimate of drug-likeness (QED) is 0.109. The SMILES string of the molecule is CCCCCCCCCCCCCCCCCCCC(=O)Cc1c[nH]c2ccc(OC(C)=O)cc12. The lowest BCUT2D eigenvalue weighted by Crippen LogP contribution is -2.03. The summed E-state index contributed by atoms with van der Waals surface area (Å²) >= 11 is 0. The Morgan fingerprint density at radius 3 is 1.77 bits per heavy atom. The van der Waals surface area contributed by atoms with Crippen molar-refractivity contribution in [3.05, 3.63) is 30.0 Å². The lowest BCUT2D eigenvalue weighted by atomic mass is 10.0. The molecule has 1 N–H and O–H groups in total. The average Bonchev–Trinajstić information content (AvgIpc) is 3.22. The van der Waals surface area contributed by atoms with E-state index in [2.05, 4.69) is 11.9 Å². The van der Waals surface area contributed by atoms with Crippen LogP contribution in [0.15, 0.2) is 24.4 Å². The molecule has 0 radical (unpaired) electrons. The van der Waals surface area contributed by atoms with E-state index in [4.69, 9.17) is 4.74 Å². The van der Waals surface area contributed by atoms with Gasteiger partial charge in [0.1, 0.15) is 11.5 Å². The van der Waals surface area contributed by atoms with Crippen molar-refractivity contribution >= 4 is 22.7 Å². The van der Waals surface area contributed by atoms with E-state index in [0.29, 0.717) is 18.6 Å². The van der Waals surface area contributed by atoms with Gasteiger partial charge in [0.25, 0.3) is 0 Å². The summed E-state index contributed by atoms with van der Waals surface area (Å²) in [5.74, 6) is 0.465. The maximum Gasteiger partial charge on any atom is 0.308 e. The van der Waals surface area contributed by atoms with Crippen LogP contribution in [0.25, 0.3) is 10.9 Å². The van der Waals surface area contributed by atoms with Gasteiger partial charge in [0, 0.05) is 36.9 Å². The van der Waals surface area contributed by atoms with Crippen molar-refractivity contribution < 1.29 is 14.3 Å². The predicted molar refractivity (Wildman–Crippen MR) is 147 cm³/mol. The summed E-state index contributed by atoms with van der Waals surface area (Å²) in [6.07, 6.45) is 25.9. The Balaban J connectivity index is 1.44. The lowest BCUT2D eigenvalue weighted by Gasteiger charge is -2.04. The van der Waals surface area contributed by atoms with Crippen LogP contribution in [0, 0.1) is 0 Å². The Labute approximate surface area is 213 Å². The van der Waals surface area contributed by atoms with E-state index in [1.54, 1.807) is 6.07 Å². The van der Waals surface area contributed by atoms with E-state index < -0.39 is 0 Å². The molecule has 0 unspecified atom stereocenters. The van der Waals surface area contributed by atoms with Crippen LogP contribution in [-0.2, 0) is 16.0 Å². The normalized spacial score (nSPS) is 11.3. The molecule has 2 rings (SSSR count). The summed E-state index contributed by atoms with van der Waals surface area (Å²) in [6.45, 7) is 3.67. The molecule has 196 valence electrons. The van der Waals surface area contributed by atoms with E-state index in [-0.39, 0.29) is 11.8 Å². The first-order valence-electron chi connectivity index (χ1n) is 14.4. The zero-order chi connectivity index (χ0) is 25.1. The number of hydrogen-bond donors (Lipinski definition) is 1. The van der Waals surface area contributed by atoms with Gasteiger partial charge in [-0.1, -0.05) is 110 Å². The maximum atomic E-state index is 12.5. The predicted octanol–water partition coefficient (Wildman–Crippen LogP) is 9.25. The Hall–Kier alpha value is -2.10. The van der Waals surface area contributed by atoms with Gasteiger partial charge in [-0.2, -0.15) is 0 Å². The highest BCUT2D eigenvalue weighted by Crippen LogP contribution is 2.25. The molecule has 1 aromatic carbocycles. The van der Waals surface area contributed by atoms with E-state index in [9.17, 15) is 9.59 Å². The molecule has 2 aromatic rings. The molecule has 0 saturated carbocycles. The summed E-state index contributed by atoms with van der Waals surface area (Å²) in [5, 5.41) is 0.958. The fraction of sp³-hybridized carbons (Fsp3) is 0.677. The van der Waals surface area contributed by atoms with Crippen molar-refractivity contribution in [2.24, 2.45) is 0 Å².